The molecule has 6 nitrogen and oxygen atoms in total. The first-order chi connectivity index (χ1) is 10.2. The summed E-state index contributed by atoms with van der Waals surface area (Å²) in [6.07, 6.45) is 0. The van der Waals surface area contributed by atoms with Crippen molar-refractivity contribution >= 4 is 11.6 Å². The Balaban J connectivity index is 1.82. The summed E-state index contributed by atoms with van der Waals surface area (Å²) in [6.45, 7) is 3.06. The molecule has 0 bridgehead atoms. The summed E-state index contributed by atoms with van der Waals surface area (Å²) in [5, 5.41) is 12.1. The van der Waals surface area contributed by atoms with Crippen molar-refractivity contribution in [3.05, 3.63) is 29.8 Å². The van der Waals surface area contributed by atoms with Crippen LogP contribution >= 0.6 is 0 Å². The van der Waals surface area contributed by atoms with Crippen LogP contribution in [0.2, 0.25) is 0 Å². The monoisotopic (exact) mass is 287 g/mol. The van der Waals surface area contributed by atoms with E-state index in [0.29, 0.717) is 31.9 Å². The molecular formula is C15H17N3O3. The minimum Gasteiger partial charge on any atom is -0.377 e. The molecule has 2 fully saturated rings. The molecule has 1 aromatic rings. The second-order valence-corrected chi connectivity index (χ2v) is 5.34. The number of morpholine rings is 1. The molecule has 1 aromatic carbocycles. The number of anilines is 1. The zero-order chi connectivity index (χ0) is 14.7. The van der Waals surface area contributed by atoms with Gasteiger partial charge in [-0.05, 0) is 24.3 Å². The number of nitriles is 1. The van der Waals surface area contributed by atoms with Crippen molar-refractivity contribution in [3.63, 3.8) is 0 Å². The van der Waals surface area contributed by atoms with Gasteiger partial charge in [0.15, 0.2) is 0 Å². The molecule has 1 N–H and O–H groups in total. The number of benzene rings is 1. The van der Waals surface area contributed by atoms with Gasteiger partial charge >= 0.3 is 0 Å². The molecule has 2 saturated heterocycles. The van der Waals surface area contributed by atoms with Crippen LogP contribution in [0.3, 0.4) is 0 Å². The summed E-state index contributed by atoms with van der Waals surface area (Å²) < 4.78 is 11.3. The SMILES string of the molecule is N#Cc1ccc(N2C[C@@]3(CNCCOC3)OCC2=O)cc1. The molecule has 0 saturated carbocycles. The van der Waals surface area contributed by atoms with E-state index >= 15 is 0 Å². The smallest absolute Gasteiger partial charge is 0.253 e. The Kier molecular flexibility index (Phi) is 3.88. The third-order valence-corrected chi connectivity index (χ3v) is 3.79. The lowest BCUT2D eigenvalue weighted by molar-refractivity contribution is -0.144. The lowest BCUT2D eigenvalue weighted by Crippen LogP contribution is -2.60. The molecule has 0 aliphatic carbocycles. The van der Waals surface area contributed by atoms with Gasteiger partial charge in [0.25, 0.3) is 5.91 Å². The molecular weight excluding hydrogens is 270 g/mol. The van der Waals surface area contributed by atoms with Crippen molar-refractivity contribution in [2.45, 2.75) is 5.60 Å². The fraction of sp³-hybridized carbons (Fsp3) is 0.467. The Morgan fingerprint density at radius 1 is 1.33 bits per heavy atom. The molecule has 21 heavy (non-hydrogen) atoms. The van der Waals surface area contributed by atoms with Crippen molar-refractivity contribution in [1.29, 1.82) is 5.26 Å². The van der Waals surface area contributed by atoms with Crippen molar-refractivity contribution in [3.8, 4) is 6.07 Å². The average Bonchev–Trinajstić information content (AvgIpc) is 2.76. The highest BCUT2D eigenvalue weighted by Gasteiger charge is 2.41. The van der Waals surface area contributed by atoms with Crippen LogP contribution in [-0.4, -0.2) is 51.0 Å². The minimum absolute atomic E-state index is 0.0467. The summed E-state index contributed by atoms with van der Waals surface area (Å²) in [5.41, 5.74) is 0.859. The molecule has 0 radical (unpaired) electrons. The largest absolute Gasteiger partial charge is 0.377 e. The molecule has 2 aliphatic heterocycles. The molecule has 3 rings (SSSR count). The Bertz CT molecular complexity index is 557. The van der Waals surface area contributed by atoms with E-state index in [0.717, 1.165) is 12.2 Å². The summed E-state index contributed by atoms with van der Waals surface area (Å²) in [4.78, 5) is 13.8. The van der Waals surface area contributed by atoms with E-state index in [4.69, 9.17) is 14.7 Å². The molecule has 6 heteroatoms. The van der Waals surface area contributed by atoms with Crippen LogP contribution in [0.1, 0.15) is 5.56 Å². The Labute approximate surface area is 123 Å². The van der Waals surface area contributed by atoms with Gasteiger partial charge in [-0.3, -0.25) is 4.79 Å². The number of carbonyl (C=O) groups is 1. The lowest BCUT2D eigenvalue weighted by atomic mass is 10.0. The van der Waals surface area contributed by atoms with Gasteiger partial charge in [-0.25, -0.2) is 0 Å². The third kappa shape index (κ3) is 2.90. The number of ether oxygens (including phenoxy) is 2. The maximum Gasteiger partial charge on any atom is 0.253 e. The first kappa shape index (κ1) is 14.0. The summed E-state index contributed by atoms with van der Waals surface area (Å²) in [5.74, 6) is -0.0745. The molecule has 110 valence electrons. The van der Waals surface area contributed by atoms with E-state index in [1.165, 1.54) is 0 Å². The zero-order valence-electron chi connectivity index (χ0n) is 11.7. The van der Waals surface area contributed by atoms with Gasteiger partial charge in [0, 0.05) is 18.8 Å². The van der Waals surface area contributed by atoms with E-state index in [2.05, 4.69) is 11.4 Å². The fourth-order valence-corrected chi connectivity index (χ4v) is 2.63. The van der Waals surface area contributed by atoms with Gasteiger partial charge in [0.1, 0.15) is 12.2 Å². The number of hydrogen-bond donors (Lipinski definition) is 1. The van der Waals surface area contributed by atoms with Crippen molar-refractivity contribution in [2.24, 2.45) is 0 Å². The van der Waals surface area contributed by atoms with Crippen LogP contribution in [0.25, 0.3) is 0 Å². The van der Waals surface area contributed by atoms with Gasteiger partial charge < -0.3 is 19.7 Å². The topological polar surface area (TPSA) is 74.6 Å². The van der Waals surface area contributed by atoms with Gasteiger partial charge in [-0.15, -0.1) is 0 Å². The number of carbonyl (C=O) groups excluding carboxylic acids is 1. The number of amides is 1. The van der Waals surface area contributed by atoms with Crippen molar-refractivity contribution in [2.75, 3.05) is 44.4 Å². The lowest BCUT2D eigenvalue weighted by Gasteiger charge is -2.41. The van der Waals surface area contributed by atoms with Crippen LogP contribution in [0.5, 0.6) is 0 Å². The quantitative estimate of drug-likeness (QED) is 0.803. The first-order valence-corrected chi connectivity index (χ1v) is 6.95. The second kappa shape index (κ2) is 5.82. The summed E-state index contributed by atoms with van der Waals surface area (Å²) >= 11 is 0. The normalized spacial score (nSPS) is 26.4. The zero-order valence-corrected chi connectivity index (χ0v) is 11.7. The Morgan fingerprint density at radius 3 is 2.90 bits per heavy atom. The third-order valence-electron chi connectivity index (χ3n) is 3.79. The maximum absolute atomic E-state index is 12.1. The second-order valence-electron chi connectivity index (χ2n) is 5.34. The number of nitrogens with zero attached hydrogens (tertiary/aromatic N) is 2. The highest BCUT2D eigenvalue weighted by atomic mass is 16.5. The average molecular weight is 287 g/mol. The molecule has 1 spiro atoms. The number of nitrogens with one attached hydrogen (secondary N) is 1. The maximum atomic E-state index is 12.1. The van der Waals surface area contributed by atoms with Crippen LogP contribution in [-0.2, 0) is 14.3 Å². The predicted molar refractivity (Wildman–Crippen MR) is 75.9 cm³/mol. The van der Waals surface area contributed by atoms with E-state index in [1.807, 2.05) is 0 Å². The molecule has 1 amide bonds. The van der Waals surface area contributed by atoms with Crippen molar-refractivity contribution in [1.82, 2.24) is 5.32 Å². The van der Waals surface area contributed by atoms with Gasteiger partial charge in [-0.1, -0.05) is 0 Å². The van der Waals surface area contributed by atoms with E-state index in [1.54, 1.807) is 29.2 Å². The fourth-order valence-electron chi connectivity index (χ4n) is 2.63. The van der Waals surface area contributed by atoms with E-state index in [9.17, 15) is 4.79 Å². The van der Waals surface area contributed by atoms with Crippen LogP contribution in [0, 0.1) is 11.3 Å². The Morgan fingerprint density at radius 2 is 2.14 bits per heavy atom. The minimum atomic E-state index is -0.502. The standard InChI is InChI=1S/C15H17N3O3/c16-7-12-1-3-13(4-2-12)18-10-15(21-8-14(18)19)9-17-5-6-20-11-15/h1-4,17H,5-6,8-11H2/t15-/m1/s1. The highest BCUT2D eigenvalue weighted by Crippen LogP contribution is 2.25. The molecule has 0 aromatic heterocycles. The van der Waals surface area contributed by atoms with Crippen molar-refractivity contribution < 1.29 is 14.3 Å². The molecule has 1 atom stereocenters. The summed E-state index contributed by atoms with van der Waals surface area (Å²) in [6, 6.07) is 9.09. The van der Waals surface area contributed by atoms with Crippen LogP contribution < -0.4 is 10.2 Å². The van der Waals surface area contributed by atoms with Gasteiger partial charge in [-0.2, -0.15) is 5.26 Å². The van der Waals surface area contributed by atoms with Crippen LogP contribution in [0.4, 0.5) is 5.69 Å². The van der Waals surface area contributed by atoms with E-state index in [-0.39, 0.29) is 12.5 Å². The number of hydrogen-bond acceptors (Lipinski definition) is 5. The highest BCUT2D eigenvalue weighted by molar-refractivity contribution is 5.95. The molecule has 0 unspecified atom stereocenters. The van der Waals surface area contributed by atoms with E-state index < -0.39 is 5.60 Å². The Hall–Kier alpha value is -1.94. The number of rotatable bonds is 1. The molecule has 2 heterocycles. The van der Waals surface area contributed by atoms with Crippen LogP contribution in [0.15, 0.2) is 24.3 Å². The molecule has 2 aliphatic rings. The summed E-state index contributed by atoms with van der Waals surface area (Å²) in [7, 11) is 0. The first-order valence-electron chi connectivity index (χ1n) is 6.95. The van der Waals surface area contributed by atoms with Gasteiger partial charge in [0.2, 0.25) is 0 Å². The predicted octanol–water partition coefficient (Wildman–Crippen LogP) is 0.280. The van der Waals surface area contributed by atoms with Gasteiger partial charge in [0.05, 0.1) is 31.4 Å².